The van der Waals surface area contributed by atoms with Crippen LogP contribution in [0.4, 0.5) is 0 Å². The molecule has 2 unspecified atom stereocenters. The molecule has 158 valence electrons. The van der Waals surface area contributed by atoms with Gasteiger partial charge in [-0.15, -0.1) is 0 Å². The molecule has 0 aliphatic rings. The molecule has 0 rings (SSSR count). The molecule has 0 aliphatic carbocycles. The molecular weight excluding hydrogens is 443 g/mol. The maximum absolute atomic E-state index is 11.3. The number of halogens is 1. The number of nitrogens with two attached hydrogens (primary N) is 2. The number of hydrogen-bond donors (Lipinski definition) is 2. The van der Waals surface area contributed by atoms with Crippen molar-refractivity contribution >= 4 is 5.97 Å². The van der Waals surface area contributed by atoms with Crippen molar-refractivity contribution in [2.24, 2.45) is 11.5 Å². The zero-order valence-corrected chi connectivity index (χ0v) is 19.5. The topological polar surface area (TPSA) is 84.8 Å². The molecule has 6 nitrogen and oxygen atoms in total. The van der Waals surface area contributed by atoms with Crippen molar-refractivity contribution in [2.75, 3.05) is 48.3 Å². The molecule has 0 heterocycles. The zero-order valence-electron chi connectivity index (χ0n) is 17.4. The molecule has 2 atom stereocenters. The van der Waals surface area contributed by atoms with Crippen molar-refractivity contribution in [1.29, 1.82) is 0 Å². The Morgan fingerprint density at radius 2 is 1.69 bits per heavy atom. The first-order chi connectivity index (χ1) is 12.5. The van der Waals surface area contributed by atoms with Gasteiger partial charge in [0.05, 0.1) is 0 Å². The van der Waals surface area contributed by atoms with E-state index in [1.807, 2.05) is 6.92 Å². The summed E-state index contributed by atoms with van der Waals surface area (Å²) in [5.74, 6) is -0.0584. The quantitative estimate of drug-likeness (QED) is 0.0856. The van der Waals surface area contributed by atoms with E-state index >= 15 is 0 Å². The fourth-order valence-electron chi connectivity index (χ4n) is 3.00. The van der Waals surface area contributed by atoms with Crippen LogP contribution in [-0.4, -0.2) is 76.2 Å². The summed E-state index contributed by atoms with van der Waals surface area (Å²) in [6, 6.07) is 0.899. The monoisotopic (exact) mass is 485 g/mol. The summed E-state index contributed by atoms with van der Waals surface area (Å²) in [5, 5.41) is 0. The normalized spacial score (nSPS) is 14.2. The molecule has 0 fully saturated rings. The third kappa shape index (κ3) is 11.7. The summed E-state index contributed by atoms with van der Waals surface area (Å²) in [6.07, 6.45) is 3.81. The first kappa shape index (κ1) is 26.0. The number of rotatable bonds is 17. The van der Waals surface area contributed by atoms with Crippen molar-refractivity contribution in [3.8, 4) is 0 Å². The van der Waals surface area contributed by atoms with E-state index in [9.17, 15) is 4.79 Å². The zero-order chi connectivity index (χ0) is 19.8. The van der Waals surface area contributed by atoms with Crippen molar-refractivity contribution in [1.82, 2.24) is 9.80 Å². The van der Waals surface area contributed by atoms with E-state index in [-0.39, 0.29) is 27.2 Å². The van der Waals surface area contributed by atoms with Crippen LogP contribution >= 0.6 is 0 Å². The Balaban J connectivity index is 4.07. The second-order valence-corrected chi connectivity index (χ2v) is 9.87. The Kier molecular flexibility index (Phi) is 17.2. The summed E-state index contributed by atoms with van der Waals surface area (Å²) < 4.78 is 7.49. The van der Waals surface area contributed by atoms with Gasteiger partial charge in [-0.3, -0.25) is 0 Å². The Bertz CT molecular complexity index is 342. The third-order valence-corrected chi connectivity index (χ3v) is 7.49. The van der Waals surface area contributed by atoms with Crippen LogP contribution in [0.5, 0.6) is 0 Å². The number of nitrogens with zero attached hydrogens (tertiary/aromatic N) is 2. The van der Waals surface area contributed by atoms with Crippen molar-refractivity contribution in [3.63, 3.8) is 0 Å². The van der Waals surface area contributed by atoms with Crippen LogP contribution < -0.4 is 32.7 Å². The van der Waals surface area contributed by atoms with E-state index in [2.05, 4.69) is 30.6 Å². The summed E-state index contributed by atoms with van der Waals surface area (Å²) >= 11 is 0.186. The molecule has 4 N–H and O–H groups in total. The molecular formula is C19H42IN4O2-. The second-order valence-electron chi connectivity index (χ2n) is 6.63. The van der Waals surface area contributed by atoms with E-state index < -0.39 is 0 Å². The van der Waals surface area contributed by atoms with Crippen molar-refractivity contribution in [3.05, 3.63) is 0 Å². The fourth-order valence-corrected chi connectivity index (χ4v) is 5.58. The van der Waals surface area contributed by atoms with Gasteiger partial charge < -0.3 is 0 Å². The number of carbonyl (C=O) groups is 1. The van der Waals surface area contributed by atoms with Crippen LogP contribution in [0.15, 0.2) is 0 Å². The van der Waals surface area contributed by atoms with Crippen LogP contribution in [0.1, 0.15) is 53.4 Å². The van der Waals surface area contributed by atoms with Crippen LogP contribution in [0.25, 0.3) is 0 Å². The molecule has 0 aromatic rings. The number of esters is 1. The van der Waals surface area contributed by atoms with Gasteiger partial charge in [-0.1, -0.05) is 0 Å². The Hall–Kier alpha value is 0.0400. The van der Waals surface area contributed by atoms with E-state index in [1.165, 1.54) is 8.86 Å². The Morgan fingerprint density at radius 1 is 1.00 bits per heavy atom. The Morgan fingerprint density at radius 3 is 2.27 bits per heavy atom. The predicted molar refractivity (Wildman–Crippen MR) is 106 cm³/mol. The molecule has 0 spiro atoms. The number of hydrogen-bond acceptors (Lipinski definition) is 6. The van der Waals surface area contributed by atoms with Crippen LogP contribution in [0.3, 0.4) is 0 Å². The SMILES string of the molecule is CCCN(CCN)C(C)C(C)N(CN)CC[I-]CCCCC(=O)OCC. The minimum atomic E-state index is -0.0584. The van der Waals surface area contributed by atoms with Gasteiger partial charge in [-0.25, -0.2) is 0 Å². The van der Waals surface area contributed by atoms with Crippen molar-refractivity contribution in [2.45, 2.75) is 65.5 Å². The van der Waals surface area contributed by atoms with Gasteiger partial charge in [-0.2, -0.15) is 0 Å². The average Bonchev–Trinajstić information content (AvgIpc) is 2.63. The minimum absolute atomic E-state index is 0.0584. The molecule has 0 saturated heterocycles. The van der Waals surface area contributed by atoms with E-state index in [1.54, 1.807) is 0 Å². The number of unbranched alkanes of at least 4 members (excludes halogenated alkanes) is 1. The van der Waals surface area contributed by atoms with Crippen LogP contribution in [0.2, 0.25) is 0 Å². The molecule has 0 aliphatic heterocycles. The van der Waals surface area contributed by atoms with Crippen LogP contribution in [-0.2, 0) is 9.53 Å². The van der Waals surface area contributed by atoms with Crippen molar-refractivity contribution < 1.29 is 30.7 Å². The maximum atomic E-state index is 11.3. The van der Waals surface area contributed by atoms with Crippen LogP contribution in [0, 0.1) is 0 Å². The summed E-state index contributed by atoms with van der Waals surface area (Å²) in [4.78, 5) is 16.2. The van der Waals surface area contributed by atoms with E-state index in [0.29, 0.717) is 38.3 Å². The number of alkyl halides is 2. The number of carbonyl (C=O) groups excluding carboxylic acids is 1. The summed E-state index contributed by atoms with van der Waals surface area (Å²) in [6.45, 7) is 13.6. The van der Waals surface area contributed by atoms with E-state index in [0.717, 1.165) is 38.9 Å². The molecule has 0 radical (unpaired) electrons. The van der Waals surface area contributed by atoms with Gasteiger partial charge in [-0.05, 0) is 0 Å². The second kappa shape index (κ2) is 17.2. The fraction of sp³-hybridized carbons (Fsp3) is 0.947. The van der Waals surface area contributed by atoms with Gasteiger partial charge in [0, 0.05) is 0 Å². The molecule has 0 amide bonds. The first-order valence-electron chi connectivity index (χ1n) is 10.1. The summed E-state index contributed by atoms with van der Waals surface area (Å²) in [5.41, 5.74) is 11.8. The molecule has 0 bridgehead atoms. The molecule has 7 heteroatoms. The first-order valence-corrected chi connectivity index (χ1v) is 13.1. The van der Waals surface area contributed by atoms with Gasteiger partial charge in [0.1, 0.15) is 0 Å². The van der Waals surface area contributed by atoms with Gasteiger partial charge in [0.25, 0.3) is 0 Å². The van der Waals surface area contributed by atoms with Gasteiger partial charge in [0.2, 0.25) is 0 Å². The Labute approximate surface area is 171 Å². The van der Waals surface area contributed by atoms with Gasteiger partial charge in [0.15, 0.2) is 0 Å². The molecule has 0 saturated carbocycles. The van der Waals surface area contributed by atoms with E-state index in [4.69, 9.17) is 16.2 Å². The molecule has 26 heavy (non-hydrogen) atoms. The van der Waals surface area contributed by atoms with Gasteiger partial charge >= 0.3 is 172 Å². The molecule has 0 aromatic heterocycles. The predicted octanol–water partition coefficient (Wildman–Crippen LogP) is -1.53. The average molecular weight is 485 g/mol. The molecule has 0 aromatic carbocycles. The third-order valence-electron chi connectivity index (χ3n) is 4.72. The number of ether oxygens (including phenoxy) is 1. The standard InChI is InChI=1S/C19H42IN4O2/c1-5-13-23(15-12-21)17(3)18(4)24(16-22)14-11-20-10-8-7-9-19(25)26-6-2/h17-18H,5-16,21-22H2,1-4H3/q-1. The summed E-state index contributed by atoms with van der Waals surface area (Å²) in [7, 11) is 0.